The lowest BCUT2D eigenvalue weighted by atomic mass is 10.1. The van der Waals surface area contributed by atoms with Gasteiger partial charge in [-0.25, -0.2) is 22.0 Å². The fourth-order valence-electron chi connectivity index (χ4n) is 3.35. The monoisotopic (exact) mass is 457 g/mol. The summed E-state index contributed by atoms with van der Waals surface area (Å²) in [5.41, 5.74) is -0.126. The summed E-state index contributed by atoms with van der Waals surface area (Å²) in [6.07, 6.45) is 2.58. The first-order chi connectivity index (χ1) is 14.5. The molecule has 1 aliphatic heterocycles. The van der Waals surface area contributed by atoms with Crippen molar-refractivity contribution in [2.24, 2.45) is 7.05 Å². The van der Waals surface area contributed by atoms with E-state index in [2.05, 4.69) is 5.10 Å². The summed E-state index contributed by atoms with van der Waals surface area (Å²) in [4.78, 5) is 12.9. The Morgan fingerprint density at radius 2 is 1.84 bits per heavy atom. The van der Waals surface area contributed by atoms with Crippen LogP contribution in [0.3, 0.4) is 0 Å². The van der Waals surface area contributed by atoms with Gasteiger partial charge in [0.15, 0.2) is 15.6 Å². The Bertz CT molecular complexity index is 1080. The topological polar surface area (TPSA) is 90.7 Å². The van der Waals surface area contributed by atoms with Crippen molar-refractivity contribution < 1.29 is 31.5 Å². The van der Waals surface area contributed by atoms with Crippen LogP contribution in [0.15, 0.2) is 23.2 Å². The maximum Gasteiger partial charge on any atom is 0.410 e. The number of aromatic nitrogens is 2. The van der Waals surface area contributed by atoms with Crippen LogP contribution in [0.1, 0.15) is 26.7 Å². The standard InChI is InChI=1S/C20H25F2N3O5S/c1-12(2)29-20(26)25-7-5-13(6-8-25)30-17-11-24(3)23-19(17)14-9-16(22)18(10-15(14)21)31(4,27)28/h9-13H,5-8H2,1-4H3. The van der Waals surface area contributed by atoms with Crippen molar-refractivity contribution in [3.05, 3.63) is 30.0 Å². The molecule has 8 nitrogen and oxygen atoms in total. The molecule has 3 rings (SSSR count). The average molecular weight is 457 g/mol. The number of nitrogens with zero attached hydrogens (tertiary/aromatic N) is 3. The molecule has 1 aromatic heterocycles. The lowest BCUT2D eigenvalue weighted by molar-refractivity contribution is 0.0518. The Kier molecular flexibility index (Phi) is 6.54. The van der Waals surface area contributed by atoms with Crippen molar-refractivity contribution in [2.75, 3.05) is 19.3 Å². The Hall–Kier alpha value is -2.69. The summed E-state index contributed by atoms with van der Waals surface area (Å²) in [5, 5.41) is 4.17. The summed E-state index contributed by atoms with van der Waals surface area (Å²) in [7, 11) is -2.31. The molecule has 170 valence electrons. The molecule has 1 amide bonds. The quantitative estimate of drug-likeness (QED) is 0.685. The van der Waals surface area contributed by atoms with Crippen molar-refractivity contribution in [3.63, 3.8) is 0 Å². The predicted molar refractivity (Wildman–Crippen MR) is 109 cm³/mol. The van der Waals surface area contributed by atoms with E-state index >= 15 is 0 Å². The second-order valence-corrected chi connectivity index (χ2v) is 9.77. The van der Waals surface area contributed by atoms with E-state index < -0.39 is 26.4 Å². The molecule has 1 aromatic carbocycles. The molecule has 31 heavy (non-hydrogen) atoms. The van der Waals surface area contributed by atoms with Gasteiger partial charge in [0.2, 0.25) is 0 Å². The zero-order valence-corrected chi connectivity index (χ0v) is 18.6. The van der Waals surface area contributed by atoms with E-state index in [9.17, 15) is 22.0 Å². The minimum Gasteiger partial charge on any atom is -0.486 e. The maximum atomic E-state index is 14.7. The Labute approximate surface area is 179 Å². The number of hydrogen-bond donors (Lipinski definition) is 0. The van der Waals surface area contributed by atoms with Gasteiger partial charge in [-0.05, 0) is 26.0 Å². The number of halogens is 2. The molecule has 0 N–H and O–H groups in total. The largest absolute Gasteiger partial charge is 0.486 e. The molecule has 1 saturated heterocycles. The fraction of sp³-hybridized carbons (Fsp3) is 0.500. The van der Waals surface area contributed by atoms with Crippen LogP contribution in [0.25, 0.3) is 11.3 Å². The van der Waals surface area contributed by atoms with E-state index in [1.54, 1.807) is 25.8 Å². The van der Waals surface area contributed by atoms with Gasteiger partial charge in [-0.3, -0.25) is 4.68 Å². The number of benzene rings is 1. The van der Waals surface area contributed by atoms with Gasteiger partial charge < -0.3 is 14.4 Å². The normalized spacial score (nSPS) is 15.4. The number of carbonyl (C=O) groups excluding carboxylic acids is 1. The van der Waals surface area contributed by atoms with Crippen molar-refractivity contribution in [3.8, 4) is 17.0 Å². The van der Waals surface area contributed by atoms with Gasteiger partial charge in [0.25, 0.3) is 0 Å². The number of amides is 1. The van der Waals surface area contributed by atoms with E-state index in [1.165, 1.54) is 10.9 Å². The molecule has 0 atom stereocenters. The number of rotatable bonds is 5. The first-order valence-corrected chi connectivity index (χ1v) is 11.7. The third-order valence-corrected chi connectivity index (χ3v) is 5.91. The molecule has 1 aliphatic rings. The molecule has 11 heteroatoms. The minimum atomic E-state index is -3.92. The van der Waals surface area contributed by atoms with Crippen LogP contribution >= 0.6 is 0 Å². The number of ether oxygens (including phenoxy) is 2. The molecule has 0 unspecified atom stereocenters. The molecule has 0 aliphatic carbocycles. The summed E-state index contributed by atoms with van der Waals surface area (Å²) in [6, 6.07) is 1.46. The molecule has 1 fully saturated rings. The fourth-order valence-corrected chi connectivity index (χ4v) is 4.08. The van der Waals surface area contributed by atoms with E-state index in [0.29, 0.717) is 32.0 Å². The van der Waals surface area contributed by atoms with Crippen LogP contribution in [-0.2, 0) is 21.6 Å². The lowest BCUT2D eigenvalue weighted by Gasteiger charge is -2.31. The van der Waals surface area contributed by atoms with Crippen molar-refractivity contribution >= 4 is 15.9 Å². The maximum absolute atomic E-state index is 14.7. The zero-order chi connectivity index (χ0) is 22.9. The van der Waals surface area contributed by atoms with E-state index in [0.717, 1.165) is 12.3 Å². The highest BCUT2D eigenvalue weighted by Crippen LogP contribution is 2.34. The van der Waals surface area contributed by atoms with Crippen LogP contribution in [0.4, 0.5) is 13.6 Å². The number of sulfone groups is 1. The summed E-state index contributed by atoms with van der Waals surface area (Å²) in [6.45, 7) is 4.44. The van der Waals surface area contributed by atoms with E-state index in [4.69, 9.17) is 9.47 Å². The highest BCUT2D eigenvalue weighted by molar-refractivity contribution is 7.90. The van der Waals surface area contributed by atoms with Gasteiger partial charge in [0.1, 0.15) is 28.3 Å². The minimum absolute atomic E-state index is 0.0700. The molecule has 0 spiro atoms. The number of carbonyl (C=O) groups is 1. The first kappa shape index (κ1) is 23.0. The van der Waals surface area contributed by atoms with E-state index in [-0.39, 0.29) is 35.3 Å². The SMILES string of the molecule is CC(C)OC(=O)N1CCC(Oc2cn(C)nc2-c2cc(F)c(S(C)(=O)=O)cc2F)CC1. The van der Waals surface area contributed by atoms with Gasteiger partial charge in [-0.1, -0.05) is 0 Å². The molecule has 0 bridgehead atoms. The molecule has 0 saturated carbocycles. The van der Waals surface area contributed by atoms with Crippen molar-refractivity contribution in [1.29, 1.82) is 0 Å². The van der Waals surface area contributed by atoms with Crippen molar-refractivity contribution in [2.45, 2.75) is 43.8 Å². The van der Waals surface area contributed by atoms with Gasteiger partial charge in [-0.2, -0.15) is 5.10 Å². The number of aryl methyl sites for hydroxylation is 1. The van der Waals surface area contributed by atoms with Crippen LogP contribution in [0.5, 0.6) is 5.75 Å². The van der Waals surface area contributed by atoms with Gasteiger partial charge in [0, 0.05) is 44.8 Å². The second kappa shape index (κ2) is 8.81. The van der Waals surface area contributed by atoms with Gasteiger partial charge in [0.05, 0.1) is 12.3 Å². The summed E-state index contributed by atoms with van der Waals surface area (Å²) >= 11 is 0. The predicted octanol–water partition coefficient (Wildman–Crippen LogP) is 3.16. The molecule has 0 radical (unpaired) electrons. The third kappa shape index (κ3) is 5.33. The third-order valence-electron chi connectivity index (χ3n) is 4.80. The van der Waals surface area contributed by atoms with Crippen LogP contribution < -0.4 is 4.74 Å². The number of piperidine rings is 1. The van der Waals surface area contributed by atoms with Gasteiger partial charge >= 0.3 is 6.09 Å². The van der Waals surface area contributed by atoms with E-state index in [1.807, 2.05) is 0 Å². The smallest absolute Gasteiger partial charge is 0.410 e. The Morgan fingerprint density at radius 1 is 1.19 bits per heavy atom. The highest BCUT2D eigenvalue weighted by atomic mass is 32.2. The second-order valence-electron chi connectivity index (χ2n) is 7.79. The van der Waals surface area contributed by atoms with Gasteiger partial charge in [-0.15, -0.1) is 0 Å². The summed E-state index contributed by atoms with van der Waals surface area (Å²) in [5.74, 6) is -1.74. The van der Waals surface area contributed by atoms with Crippen molar-refractivity contribution in [1.82, 2.24) is 14.7 Å². The number of hydrogen-bond acceptors (Lipinski definition) is 6. The Morgan fingerprint density at radius 3 is 2.42 bits per heavy atom. The number of likely N-dealkylation sites (tertiary alicyclic amines) is 1. The Balaban J connectivity index is 1.78. The zero-order valence-electron chi connectivity index (χ0n) is 17.8. The molecular weight excluding hydrogens is 432 g/mol. The summed E-state index contributed by atoms with van der Waals surface area (Å²) < 4.78 is 64.9. The van der Waals surface area contributed by atoms with Crippen LogP contribution in [0, 0.1) is 11.6 Å². The molecule has 2 aromatic rings. The molecular formula is C20H25F2N3O5S. The highest BCUT2D eigenvalue weighted by Gasteiger charge is 2.28. The van der Waals surface area contributed by atoms with Crippen LogP contribution in [-0.4, -0.2) is 60.7 Å². The molecule has 2 heterocycles. The average Bonchev–Trinajstić information content (AvgIpc) is 3.02. The first-order valence-electron chi connectivity index (χ1n) is 9.81. The van der Waals surface area contributed by atoms with Crippen LogP contribution in [0.2, 0.25) is 0 Å². The lowest BCUT2D eigenvalue weighted by Crippen LogP contribution is -2.42.